The second-order valence-corrected chi connectivity index (χ2v) is 6.61. The summed E-state index contributed by atoms with van der Waals surface area (Å²) in [4.78, 5) is 4.69. The molecule has 0 aliphatic rings. The molecule has 0 radical (unpaired) electrons. The van der Waals surface area contributed by atoms with Gasteiger partial charge in [-0.1, -0.05) is 37.7 Å². The van der Waals surface area contributed by atoms with E-state index in [-0.39, 0.29) is 0 Å². The second kappa shape index (κ2) is 6.82. The molecule has 0 aliphatic carbocycles. The molecular weight excluding hydrogens is 278 g/mol. The average Bonchev–Trinajstić information content (AvgIpc) is 2.73. The van der Waals surface area contributed by atoms with Gasteiger partial charge in [0.15, 0.2) is 5.16 Å². The first-order valence-corrected chi connectivity index (χ1v) is 8.15. The van der Waals surface area contributed by atoms with E-state index in [1.165, 1.54) is 11.3 Å². The van der Waals surface area contributed by atoms with Crippen molar-refractivity contribution >= 4 is 11.8 Å². The molecule has 0 bridgehead atoms. The average molecular weight is 299 g/mol. The number of aromatic nitrogens is 2. The lowest BCUT2D eigenvalue weighted by Crippen LogP contribution is -2.07. The Hall–Kier alpha value is -1.73. The molecule has 0 amide bonds. The molecule has 0 saturated carbocycles. The standard InChI is InChI=1S/C17H21N3S/c1-12(2)10-20-14(4)13(3)19-17(20)21-11-16-7-5-15(9-18)6-8-16/h5-8,12H,10-11H2,1-4H3. The second-order valence-electron chi connectivity index (χ2n) is 5.67. The Morgan fingerprint density at radius 3 is 2.48 bits per heavy atom. The van der Waals surface area contributed by atoms with E-state index in [9.17, 15) is 0 Å². The maximum Gasteiger partial charge on any atom is 0.168 e. The molecule has 21 heavy (non-hydrogen) atoms. The molecule has 0 saturated heterocycles. The highest BCUT2D eigenvalue weighted by Crippen LogP contribution is 2.25. The minimum atomic E-state index is 0.603. The van der Waals surface area contributed by atoms with Gasteiger partial charge in [0.25, 0.3) is 0 Å². The predicted octanol–water partition coefficient (Wildman–Crippen LogP) is 4.32. The van der Waals surface area contributed by atoms with Crippen molar-refractivity contribution in [2.45, 2.75) is 45.1 Å². The van der Waals surface area contributed by atoms with E-state index in [1.807, 2.05) is 24.3 Å². The molecule has 110 valence electrons. The highest BCUT2D eigenvalue weighted by molar-refractivity contribution is 7.98. The first-order chi connectivity index (χ1) is 10.0. The molecule has 0 fully saturated rings. The van der Waals surface area contributed by atoms with Crippen molar-refractivity contribution in [1.29, 1.82) is 5.26 Å². The minimum absolute atomic E-state index is 0.603. The van der Waals surface area contributed by atoms with Crippen LogP contribution in [0.1, 0.15) is 36.4 Å². The summed E-state index contributed by atoms with van der Waals surface area (Å²) in [5.74, 6) is 1.48. The summed E-state index contributed by atoms with van der Waals surface area (Å²) >= 11 is 1.76. The van der Waals surface area contributed by atoms with Crippen LogP contribution in [0.3, 0.4) is 0 Å². The fraction of sp³-hybridized carbons (Fsp3) is 0.412. The Morgan fingerprint density at radius 1 is 1.24 bits per heavy atom. The van der Waals surface area contributed by atoms with Crippen molar-refractivity contribution in [3.05, 3.63) is 46.8 Å². The molecule has 1 heterocycles. The summed E-state index contributed by atoms with van der Waals surface area (Å²) in [5, 5.41) is 9.91. The molecule has 0 atom stereocenters. The number of aryl methyl sites for hydroxylation is 1. The van der Waals surface area contributed by atoms with Crippen molar-refractivity contribution in [2.75, 3.05) is 0 Å². The van der Waals surface area contributed by atoms with E-state index < -0.39 is 0 Å². The monoisotopic (exact) mass is 299 g/mol. The van der Waals surface area contributed by atoms with Gasteiger partial charge in [0, 0.05) is 18.0 Å². The van der Waals surface area contributed by atoms with Crippen LogP contribution in [0.2, 0.25) is 0 Å². The fourth-order valence-corrected chi connectivity index (χ4v) is 3.19. The van der Waals surface area contributed by atoms with Gasteiger partial charge in [-0.15, -0.1) is 0 Å². The zero-order chi connectivity index (χ0) is 15.4. The molecule has 0 spiro atoms. The summed E-state index contributed by atoms with van der Waals surface area (Å²) < 4.78 is 2.31. The van der Waals surface area contributed by atoms with Gasteiger partial charge >= 0.3 is 0 Å². The Bertz CT molecular complexity index is 648. The van der Waals surface area contributed by atoms with Gasteiger partial charge in [-0.25, -0.2) is 4.98 Å². The van der Waals surface area contributed by atoms with Gasteiger partial charge < -0.3 is 4.57 Å². The predicted molar refractivity (Wildman–Crippen MR) is 87.3 cm³/mol. The molecule has 2 rings (SSSR count). The molecule has 0 aliphatic heterocycles. The molecule has 0 unspecified atom stereocenters. The lowest BCUT2D eigenvalue weighted by molar-refractivity contribution is 0.486. The molecule has 4 heteroatoms. The highest BCUT2D eigenvalue weighted by Gasteiger charge is 2.12. The van der Waals surface area contributed by atoms with Crippen LogP contribution in [-0.4, -0.2) is 9.55 Å². The number of imidazole rings is 1. The zero-order valence-electron chi connectivity index (χ0n) is 13.1. The van der Waals surface area contributed by atoms with Crippen LogP contribution in [-0.2, 0) is 12.3 Å². The number of nitriles is 1. The first kappa shape index (κ1) is 15.7. The molecule has 0 N–H and O–H groups in total. The van der Waals surface area contributed by atoms with Gasteiger partial charge in [-0.05, 0) is 37.5 Å². The van der Waals surface area contributed by atoms with Crippen LogP contribution in [0.15, 0.2) is 29.4 Å². The number of benzene rings is 1. The quantitative estimate of drug-likeness (QED) is 0.772. The number of rotatable bonds is 5. The van der Waals surface area contributed by atoms with Crippen molar-refractivity contribution in [1.82, 2.24) is 9.55 Å². The van der Waals surface area contributed by atoms with Crippen LogP contribution in [0.25, 0.3) is 0 Å². The van der Waals surface area contributed by atoms with E-state index in [2.05, 4.69) is 43.3 Å². The lowest BCUT2D eigenvalue weighted by atomic mass is 10.2. The van der Waals surface area contributed by atoms with E-state index >= 15 is 0 Å². The maximum absolute atomic E-state index is 8.82. The van der Waals surface area contributed by atoms with Crippen molar-refractivity contribution in [2.24, 2.45) is 5.92 Å². The normalized spacial score (nSPS) is 10.9. The fourth-order valence-electron chi connectivity index (χ4n) is 2.14. The van der Waals surface area contributed by atoms with Crippen LogP contribution in [0, 0.1) is 31.1 Å². The molecule has 2 aromatic rings. The number of hydrogen-bond acceptors (Lipinski definition) is 3. The zero-order valence-corrected chi connectivity index (χ0v) is 13.9. The maximum atomic E-state index is 8.82. The van der Waals surface area contributed by atoms with Crippen molar-refractivity contribution < 1.29 is 0 Å². The summed E-state index contributed by atoms with van der Waals surface area (Å²) in [6.45, 7) is 9.66. The van der Waals surface area contributed by atoms with Crippen LogP contribution < -0.4 is 0 Å². The van der Waals surface area contributed by atoms with E-state index in [0.29, 0.717) is 11.5 Å². The molecule has 1 aromatic carbocycles. The van der Waals surface area contributed by atoms with E-state index in [0.717, 1.165) is 23.1 Å². The van der Waals surface area contributed by atoms with Crippen molar-refractivity contribution in [3.8, 4) is 6.07 Å². The van der Waals surface area contributed by atoms with Crippen LogP contribution in [0.4, 0.5) is 0 Å². The van der Waals surface area contributed by atoms with Crippen LogP contribution >= 0.6 is 11.8 Å². The third-order valence-electron chi connectivity index (χ3n) is 3.42. The smallest absolute Gasteiger partial charge is 0.168 e. The molecular formula is C17H21N3S. The Kier molecular flexibility index (Phi) is 5.08. The lowest BCUT2D eigenvalue weighted by Gasteiger charge is -2.12. The molecule has 1 aromatic heterocycles. The summed E-state index contributed by atoms with van der Waals surface area (Å²) in [5.41, 5.74) is 4.29. The van der Waals surface area contributed by atoms with Crippen LogP contribution in [0.5, 0.6) is 0 Å². The summed E-state index contributed by atoms with van der Waals surface area (Å²) in [6.07, 6.45) is 0. The van der Waals surface area contributed by atoms with Gasteiger partial charge in [0.05, 0.1) is 17.3 Å². The SMILES string of the molecule is Cc1nc(SCc2ccc(C#N)cc2)n(CC(C)C)c1C. The van der Waals surface area contributed by atoms with Crippen molar-refractivity contribution in [3.63, 3.8) is 0 Å². The Morgan fingerprint density at radius 2 is 1.90 bits per heavy atom. The molecule has 3 nitrogen and oxygen atoms in total. The van der Waals surface area contributed by atoms with Gasteiger partial charge in [0.2, 0.25) is 0 Å². The van der Waals surface area contributed by atoms with E-state index in [4.69, 9.17) is 5.26 Å². The Labute approximate surface area is 131 Å². The highest BCUT2D eigenvalue weighted by atomic mass is 32.2. The van der Waals surface area contributed by atoms with Gasteiger partial charge in [0.1, 0.15) is 0 Å². The number of hydrogen-bond donors (Lipinski definition) is 0. The largest absolute Gasteiger partial charge is 0.323 e. The number of nitrogens with zero attached hydrogens (tertiary/aromatic N) is 3. The third kappa shape index (κ3) is 3.89. The summed E-state index contributed by atoms with van der Waals surface area (Å²) in [7, 11) is 0. The minimum Gasteiger partial charge on any atom is -0.323 e. The van der Waals surface area contributed by atoms with Gasteiger partial charge in [-0.3, -0.25) is 0 Å². The number of thioether (sulfide) groups is 1. The van der Waals surface area contributed by atoms with E-state index in [1.54, 1.807) is 11.8 Å². The topological polar surface area (TPSA) is 41.6 Å². The third-order valence-corrected chi connectivity index (χ3v) is 4.47. The first-order valence-electron chi connectivity index (χ1n) is 7.16. The van der Waals surface area contributed by atoms with Gasteiger partial charge in [-0.2, -0.15) is 5.26 Å². The summed E-state index contributed by atoms with van der Waals surface area (Å²) in [6, 6.07) is 9.91. The Balaban J connectivity index is 2.12.